The van der Waals surface area contributed by atoms with Gasteiger partial charge in [0, 0.05) is 12.0 Å². The van der Waals surface area contributed by atoms with Crippen molar-refractivity contribution in [3.05, 3.63) is 41.0 Å². The predicted molar refractivity (Wildman–Crippen MR) is 69.8 cm³/mol. The summed E-state index contributed by atoms with van der Waals surface area (Å²) >= 11 is 0. The smallest absolute Gasteiger partial charge is 0.226 e. The molecule has 0 spiro atoms. The van der Waals surface area contributed by atoms with Gasteiger partial charge < -0.3 is 14.4 Å². The van der Waals surface area contributed by atoms with Crippen molar-refractivity contribution < 1.29 is 14.4 Å². The third kappa shape index (κ3) is 3.32. The molecule has 0 radical (unpaired) electrons. The average Bonchev–Trinajstić information content (AvgIpc) is 2.85. The van der Waals surface area contributed by atoms with Gasteiger partial charge in [0.05, 0.1) is 6.10 Å². The van der Waals surface area contributed by atoms with Crippen molar-refractivity contribution in [3.63, 3.8) is 0 Å². The van der Waals surface area contributed by atoms with Crippen LogP contribution in [0.15, 0.2) is 22.7 Å². The molecule has 0 saturated carbocycles. The lowest BCUT2D eigenvalue weighted by molar-refractivity contribution is 0.189. The molecular weight excluding hydrogens is 244 g/mol. The summed E-state index contributed by atoms with van der Waals surface area (Å²) in [5.41, 5.74) is 1.84. The lowest BCUT2D eigenvalue weighted by atomic mass is 10.1. The molecular formula is C14H18N2O3. The third-order valence-electron chi connectivity index (χ3n) is 2.78. The highest BCUT2D eigenvalue weighted by Gasteiger charge is 2.11. The van der Waals surface area contributed by atoms with Crippen LogP contribution in [0.25, 0.3) is 0 Å². The molecule has 0 amide bonds. The molecule has 0 aliphatic carbocycles. The van der Waals surface area contributed by atoms with E-state index < -0.39 is 6.10 Å². The number of nitrogens with zero attached hydrogens (tertiary/aromatic N) is 2. The molecule has 5 nitrogen and oxygen atoms in total. The maximum atomic E-state index is 9.74. The number of rotatable bonds is 5. The molecule has 5 heteroatoms. The minimum atomic E-state index is -0.577. The second-order valence-electron chi connectivity index (χ2n) is 4.46. The van der Waals surface area contributed by atoms with Gasteiger partial charge in [0.1, 0.15) is 5.75 Å². The molecule has 0 bridgehead atoms. The van der Waals surface area contributed by atoms with Crippen molar-refractivity contribution >= 4 is 0 Å². The topological polar surface area (TPSA) is 68.4 Å². The number of hydrogen-bond donors (Lipinski definition) is 1. The zero-order valence-electron chi connectivity index (χ0n) is 11.4. The number of aromatic nitrogens is 2. The minimum Gasteiger partial charge on any atom is -0.485 e. The predicted octanol–water partition coefficient (Wildman–Crippen LogP) is 2.57. The number of aliphatic hydroxyl groups is 1. The maximum absolute atomic E-state index is 9.74. The number of hydrogen-bond acceptors (Lipinski definition) is 5. The van der Waals surface area contributed by atoms with Gasteiger partial charge in [-0.2, -0.15) is 4.98 Å². The van der Waals surface area contributed by atoms with Crippen LogP contribution in [0.5, 0.6) is 5.75 Å². The van der Waals surface area contributed by atoms with Gasteiger partial charge in [0.15, 0.2) is 6.61 Å². The molecule has 0 unspecified atom stereocenters. The van der Waals surface area contributed by atoms with Crippen molar-refractivity contribution in [1.29, 1.82) is 0 Å². The second-order valence-corrected chi connectivity index (χ2v) is 4.46. The van der Waals surface area contributed by atoms with Crippen molar-refractivity contribution in [3.8, 4) is 5.75 Å². The lowest BCUT2D eigenvalue weighted by Gasteiger charge is -2.13. The Balaban J connectivity index is 2.10. The largest absolute Gasteiger partial charge is 0.485 e. The highest BCUT2D eigenvalue weighted by molar-refractivity contribution is 5.38. The van der Waals surface area contributed by atoms with E-state index in [1.165, 1.54) is 0 Å². The quantitative estimate of drug-likeness (QED) is 0.896. The van der Waals surface area contributed by atoms with E-state index in [4.69, 9.17) is 9.26 Å². The first-order chi connectivity index (χ1) is 9.10. The zero-order chi connectivity index (χ0) is 13.8. The summed E-state index contributed by atoms with van der Waals surface area (Å²) in [6, 6.07) is 5.70. The van der Waals surface area contributed by atoms with E-state index in [0.717, 1.165) is 11.1 Å². The summed E-state index contributed by atoms with van der Waals surface area (Å²) in [5.74, 6) is 1.75. The molecule has 0 fully saturated rings. The summed E-state index contributed by atoms with van der Waals surface area (Å²) in [6.07, 6.45) is 0.127. The first-order valence-electron chi connectivity index (χ1n) is 6.33. The standard InChI is InChI=1S/C14H18N2O3/c1-4-14-15-13(16-19-14)8-18-12-6-5-9(2)7-11(12)10(3)17/h5-7,10,17H,4,8H2,1-3H3/t10-/m0/s1. The Labute approximate surface area is 112 Å². The van der Waals surface area contributed by atoms with Gasteiger partial charge in [-0.3, -0.25) is 0 Å². The molecule has 0 aliphatic rings. The molecule has 0 saturated heterocycles. The highest BCUT2D eigenvalue weighted by atomic mass is 16.5. The van der Waals surface area contributed by atoms with E-state index in [1.54, 1.807) is 6.92 Å². The Kier molecular flexibility index (Phi) is 4.16. The summed E-state index contributed by atoms with van der Waals surface area (Å²) in [4.78, 5) is 4.17. The van der Waals surface area contributed by atoms with Crippen LogP contribution in [0.1, 0.15) is 42.8 Å². The fraction of sp³-hybridized carbons (Fsp3) is 0.429. The van der Waals surface area contributed by atoms with Crippen LogP contribution in [0, 0.1) is 6.92 Å². The fourth-order valence-corrected chi connectivity index (χ4v) is 1.76. The van der Waals surface area contributed by atoms with Gasteiger partial charge in [-0.1, -0.05) is 23.7 Å². The first-order valence-corrected chi connectivity index (χ1v) is 6.33. The van der Waals surface area contributed by atoms with Crippen molar-refractivity contribution in [1.82, 2.24) is 10.1 Å². The number of benzene rings is 1. The van der Waals surface area contributed by atoms with E-state index in [1.807, 2.05) is 32.0 Å². The van der Waals surface area contributed by atoms with Gasteiger partial charge in [-0.15, -0.1) is 0 Å². The SMILES string of the molecule is CCc1nc(COc2ccc(C)cc2[C@H](C)O)no1. The van der Waals surface area contributed by atoms with Gasteiger partial charge in [0.25, 0.3) is 0 Å². The van der Waals surface area contributed by atoms with E-state index >= 15 is 0 Å². The molecule has 1 atom stereocenters. The normalized spacial score (nSPS) is 12.4. The zero-order valence-corrected chi connectivity index (χ0v) is 11.4. The molecule has 2 rings (SSSR count). The molecule has 1 N–H and O–H groups in total. The molecule has 1 aromatic carbocycles. The fourth-order valence-electron chi connectivity index (χ4n) is 1.76. The van der Waals surface area contributed by atoms with Gasteiger partial charge in [-0.25, -0.2) is 0 Å². The van der Waals surface area contributed by atoms with Crippen LogP contribution < -0.4 is 4.74 Å². The summed E-state index contributed by atoms with van der Waals surface area (Å²) in [6.45, 7) is 5.86. The van der Waals surface area contributed by atoms with Gasteiger partial charge in [-0.05, 0) is 26.0 Å². The highest BCUT2D eigenvalue weighted by Crippen LogP contribution is 2.26. The molecule has 102 valence electrons. The Bertz CT molecular complexity index is 549. The molecule has 2 aromatic rings. The van der Waals surface area contributed by atoms with Gasteiger partial charge in [0.2, 0.25) is 11.7 Å². The Morgan fingerprint density at radius 1 is 1.42 bits per heavy atom. The number of aryl methyl sites for hydroxylation is 2. The van der Waals surface area contributed by atoms with Crippen molar-refractivity contribution in [2.75, 3.05) is 0 Å². The van der Waals surface area contributed by atoms with Crippen LogP contribution in [-0.4, -0.2) is 15.2 Å². The van der Waals surface area contributed by atoms with Gasteiger partial charge >= 0.3 is 0 Å². The van der Waals surface area contributed by atoms with Crippen LogP contribution in [0.4, 0.5) is 0 Å². The average molecular weight is 262 g/mol. The summed E-state index contributed by atoms with van der Waals surface area (Å²) in [5, 5.41) is 13.6. The van der Waals surface area contributed by atoms with Crippen LogP contribution in [0.2, 0.25) is 0 Å². The molecule has 1 heterocycles. The monoisotopic (exact) mass is 262 g/mol. The lowest BCUT2D eigenvalue weighted by Crippen LogP contribution is -2.02. The summed E-state index contributed by atoms with van der Waals surface area (Å²) in [7, 11) is 0. The van der Waals surface area contributed by atoms with E-state index in [2.05, 4.69) is 10.1 Å². The van der Waals surface area contributed by atoms with Crippen molar-refractivity contribution in [2.45, 2.75) is 39.9 Å². The van der Waals surface area contributed by atoms with E-state index in [9.17, 15) is 5.11 Å². The number of aliphatic hydroxyl groups excluding tert-OH is 1. The Hall–Kier alpha value is -1.88. The van der Waals surface area contributed by atoms with E-state index in [-0.39, 0.29) is 6.61 Å². The third-order valence-corrected chi connectivity index (χ3v) is 2.78. The van der Waals surface area contributed by atoms with Crippen molar-refractivity contribution in [2.24, 2.45) is 0 Å². The minimum absolute atomic E-state index is 0.228. The molecule has 19 heavy (non-hydrogen) atoms. The molecule has 1 aromatic heterocycles. The molecule has 0 aliphatic heterocycles. The number of ether oxygens (including phenoxy) is 1. The van der Waals surface area contributed by atoms with Crippen LogP contribution in [0.3, 0.4) is 0 Å². The Morgan fingerprint density at radius 2 is 2.21 bits per heavy atom. The Morgan fingerprint density at radius 3 is 2.84 bits per heavy atom. The van der Waals surface area contributed by atoms with Crippen LogP contribution >= 0.6 is 0 Å². The van der Waals surface area contributed by atoms with E-state index in [0.29, 0.717) is 23.9 Å². The first kappa shape index (κ1) is 13.5. The van der Waals surface area contributed by atoms with Crippen LogP contribution in [-0.2, 0) is 13.0 Å². The maximum Gasteiger partial charge on any atom is 0.226 e. The second kappa shape index (κ2) is 5.84. The summed E-state index contributed by atoms with van der Waals surface area (Å²) < 4.78 is 10.7.